The molecule has 0 atom stereocenters. The van der Waals surface area contributed by atoms with E-state index in [-0.39, 0.29) is 4.90 Å². The monoisotopic (exact) mass is 525 g/mol. The molecule has 4 aromatic rings. The second-order valence-corrected chi connectivity index (χ2v) is 9.95. The van der Waals surface area contributed by atoms with Gasteiger partial charge in [-0.2, -0.15) is 0 Å². The van der Waals surface area contributed by atoms with Crippen LogP contribution in [0.15, 0.2) is 86.6 Å². The van der Waals surface area contributed by atoms with Gasteiger partial charge in [0, 0.05) is 36.1 Å². The van der Waals surface area contributed by atoms with Gasteiger partial charge in [0.25, 0.3) is 9.05 Å². The fraction of sp³-hybridized carbons (Fsp3) is 0. The summed E-state index contributed by atoms with van der Waals surface area (Å²) in [5, 5.41) is 3.73. The topological polar surface area (TPSA) is 60.2 Å². The number of hydrogen-bond donors (Lipinski definition) is 1. The highest BCUT2D eigenvalue weighted by atomic mass is 79.9. The lowest BCUT2D eigenvalue weighted by atomic mass is 10.1. The van der Waals surface area contributed by atoms with Gasteiger partial charge in [0.15, 0.2) is 0 Å². The highest BCUT2D eigenvalue weighted by molar-refractivity contribution is 9.11. The summed E-state index contributed by atoms with van der Waals surface area (Å²) in [5.74, 6) is 0. The minimum Gasteiger partial charge on any atom is -0.398 e. The lowest BCUT2D eigenvalue weighted by molar-refractivity contribution is 0.610. The van der Waals surface area contributed by atoms with Crippen LogP contribution in [0.2, 0.25) is 0 Å². The second kappa shape index (κ2) is 8.19. The summed E-state index contributed by atoms with van der Waals surface area (Å²) in [6.45, 7) is 0. The summed E-state index contributed by atoms with van der Waals surface area (Å²) in [4.78, 5) is 0.142. The van der Waals surface area contributed by atoms with Gasteiger partial charge in [-0.05, 0) is 35.0 Å². The van der Waals surface area contributed by atoms with E-state index in [9.17, 15) is 8.42 Å². The summed E-state index contributed by atoms with van der Waals surface area (Å²) in [6, 6.07) is 22.3. The summed E-state index contributed by atoms with van der Waals surface area (Å²) in [5.41, 5.74) is 6.63. The minimum absolute atomic E-state index is 0.142. The first kappa shape index (κ1) is 20.1. The molecule has 7 heteroatoms. The molecule has 4 aromatic carbocycles. The number of nitrogens with two attached hydrogens (primary N) is 1. The first-order chi connectivity index (χ1) is 12.8. The Hall–Kier alpha value is -1.60. The van der Waals surface area contributed by atoms with Crippen LogP contribution in [0, 0.1) is 0 Å². The number of rotatable bonds is 1. The van der Waals surface area contributed by atoms with Gasteiger partial charge in [-0.3, -0.25) is 0 Å². The van der Waals surface area contributed by atoms with Gasteiger partial charge in [-0.1, -0.05) is 80.4 Å². The normalized spacial score (nSPS) is 11.2. The van der Waals surface area contributed by atoms with Crippen LogP contribution >= 0.6 is 42.5 Å². The van der Waals surface area contributed by atoms with E-state index in [2.05, 4.69) is 37.9 Å². The fourth-order valence-corrected chi connectivity index (χ4v) is 4.76. The predicted octanol–water partition coefficient (Wildman–Crippen LogP) is 6.71. The van der Waals surface area contributed by atoms with Crippen LogP contribution in [0.5, 0.6) is 0 Å². The Morgan fingerprint density at radius 3 is 1.63 bits per heavy atom. The molecule has 138 valence electrons. The van der Waals surface area contributed by atoms with Crippen molar-refractivity contribution in [2.45, 2.75) is 4.90 Å². The number of hydrogen-bond acceptors (Lipinski definition) is 3. The zero-order valence-corrected chi connectivity index (χ0v) is 18.6. The average Bonchev–Trinajstić information content (AvgIpc) is 2.65. The Labute approximate surface area is 178 Å². The molecule has 27 heavy (non-hydrogen) atoms. The van der Waals surface area contributed by atoms with E-state index in [1.165, 1.54) is 6.07 Å². The van der Waals surface area contributed by atoms with E-state index in [1.807, 2.05) is 42.5 Å². The van der Waals surface area contributed by atoms with Crippen LogP contribution in [-0.2, 0) is 9.05 Å². The molecule has 0 unspecified atom stereocenters. The maximum atomic E-state index is 11.3. The molecule has 0 aliphatic rings. The first-order valence-corrected chi connectivity index (χ1v) is 11.7. The molecule has 0 saturated carbocycles. The van der Waals surface area contributed by atoms with Crippen LogP contribution in [0.3, 0.4) is 0 Å². The SMILES string of the molecule is Nc1ccc(Br)c2ccccc12.O=S(=O)(Cl)c1ccc(Br)c2ccccc12. The van der Waals surface area contributed by atoms with Crippen LogP contribution in [0.25, 0.3) is 21.5 Å². The third kappa shape index (κ3) is 4.46. The van der Waals surface area contributed by atoms with Gasteiger partial charge in [0.05, 0.1) is 4.90 Å². The van der Waals surface area contributed by atoms with E-state index in [1.54, 1.807) is 18.2 Å². The maximum absolute atomic E-state index is 11.3. The van der Waals surface area contributed by atoms with Crippen molar-refractivity contribution in [2.75, 3.05) is 5.73 Å². The van der Waals surface area contributed by atoms with Crippen LogP contribution in [-0.4, -0.2) is 8.42 Å². The molecule has 4 rings (SSSR count). The van der Waals surface area contributed by atoms with Gasteiger partial charge in [-0.25, -0.2) is 8.42 Å². The summed E-state index contributed by atoms with van der Waals surface area (Å²) < 4.78 is 24.6. The van der Waals surface area contributed by atoms with Gasteiger partial charge >= 0.3 is 0 Å². The van der Waals surface area contributed by atoms with Gasteiger partial charge in [0.1, 0.15) is 0 Å². The van der Waals surface area contributed by atoms with Crippen molar-refractivity contribution in [3.05, 3.63) is 81.7 Å². The molecule has 0 aromatic heterocycles. The highest BCUT2D eigenvalue weighted by Gasteiger charge is 2.14. The molecule has 2 N–H and O–H groups in total. The Morgan fingerprint density at radius 1 is 0.667 bits per heavy atom. The lowest BCUT2D eigenvalue weighted by Gasteiger charge is -2.04. The lowest BCUT2D eigenvalue weighted by Crippen LogP contribution is -1.92. The Kier molecular flexibility index (Phi) is 6.11. The van der Waals surface area contributed by atoms with Gasteiger partial charge in [-0.15, -0.1) is 0 Å². The minimum atomic E-state index is -3.69. The fourth-order valence-electron chi connectivity index (χ4n) is 2.73. The molecule has 3 nitrogen and oxygen atoms in total. The zero-order chi connectivity index (χ0) is 19.6. The van der Waals surface area contributed by atoms with Gasteiger partial charge < -0.3 is 5.73 Å². The van der Waals surface area contributed by atoms with Crippen molar-refractivity contribution in [1.29, 1.82) is 0 Å². The Bertz CT molecular complexity index is 1200. The molecular weight excluding hydrogens is 514 g/mol. The second-order valence-electron chi connectivity index (χ2n) is 5.71. The zero-order valence-electron chi connectivity index (χ0n) is 13.9. The number of fused-ring (bicyclic) bond motifs is 2. The molecule has 0 heterocycles. The molecule has 0 saturated heterocycles. The molecule has 0 radical (unpaired) electrons. The van der Waals surface area contributed by atoms with Crippen LogP contribution in [0.1, 0.15) is 0 Å². The summed E-state index contributed by atoms with van der Waals surface area (Å²) in [6.07, 6.45) is 0. The number of anilines is 1. The number of nitrogen functional groups attached to an aromatic ring is 1. The summed E-state index contributed by atoms with van der Waals surface area (Å²) >= 11 is 6.84. The third-order valence-electron chi connectivity index (χ3n) is 4.00. The van der Waals surface area contributed by atoms with Crippen molar-refractivity contribution in [2.24, 2.45) is 0 Å². The molecule has 0 fully saturated rings. The highest BCUT2D eigenvalue weighted by Crippen LogP contribution is 2.31. The van der Waals surface area contributed by atoms with Crippen molar-refractivity contribution in [1.82, 2.24) is 0 Å². The van der Waals surface area contributed by atoms with E-state index in [0.717, 1.165) is 30.8 Å². The van der Waals surface area contributed by atoms with E-state index in [4.69, 9.17) is 16.4 Å². The number of halogens is 3. The third-order valence-corrected chi connectivity index (χ3v) is 6.76. The molecule has 0 aliphatic heterocycles. The summed E-state index contributed by atoms with van der Waals surface area (Å²) in [7, 11) is 1.65. The first-order valence-electron chi connectivity index (χ1n) is 7.83. The number of benzene rings is 4. The smallest absolute Gasteiger partial charge is 0.261 e. The quantitative estimate of drug-likeness (QED) is 0.221. The van der Waals surface area contributed by atoms with E-state index in [0.29, 0.717) is 5.39 Å². The van der Waals surface area contributed by atoms with E-state index >= 15 is 0 Å². The standard InChI is InChI=1S/C10H6BrClO2S.C10H8BrN/c11-9-5-6-10(15(12,13)14)8-4-2-1-3-7(8)9;11-9-5-6-10(12)8-4-2-1-3-7(8)9/h1-6H;1-6H,12H2. The van der Waals surface area contributed by atoms with Crippen molar-refractivity contribution >= 4 is 78.8 Å². The molecule has 0 aliphatic carbocycles. The molecule has 0 amide bonds. The Morgan fingerprint density at radius 2 is 1.11 bits per heavy atom. The average molecular weight is 528 g/mol. The molecular formula is C20H14Br2ClNO2S. The Balaban J connectivity index is 0.000000159. The van der Waals surface area contributed by atoms with Crippen LogP contribution in [0.4, 0.5) is 5.69 Å². The van der Waals surface area contributed by atoms with Crippen molar-refractivity contribution < 1.29 is 8.42 Å². The van der Waals surface area contributed by atoms with Crippen LogP contribution < -0.4 is 5.73 Å². The van der Waals surface area contributed by atoms with Crippen molar-refractivity contribution in [3.63, 3.8) is 0 Å². The maximum Gasteiger partial charge on any atom is 0.261 e. The largest absolute Gasteiger partial charge is 0.398 e. The van der Waals surface area contributed by atoms with Gasteiger partial charge in [0.2, 0.25) is 0 Å². The van der Waals surface area contributed by atoms with E-state index < -0.39 is 9.05 Å². The van der Waals surface area contributed by atoms with Crippen molar-refractivity contribution in [3.8, 4) is 0 Å². The molecule has 0 spiro atoms. The molecule has 0 bridgehead atoms. The predicted molar refractivity (Wildman–Crippen MR) is 121 cm³/mol.